The molecule has 0 fully saturated rings. The number of rotatable bonds is 8. The van der Waals surface area contributed by atoms with Gasteiger partial charge < -0.3 is 10.1 Å². The number of carbonyl (C=O) groups excluding carboxylic acids is 2. The minimum absolute atomic E-state index is 0.0256. The van der Waals surface area contributed by atoms with Crippen LogP contribution in [0.5, 0.6) is 5.75 Å². The number of ether oxygens (including phenoxy) is 1. The van der Waals surface area contributed by atoms with Gasteiger partial charge in [-0.1, -0.05) is 6.08 Å². The van der Waals surface area contributed by atoms with Crippen molar-refractivity contribution in [1.29, 1.82) is 0 Å². The monoisotopic (exact) mass is 382 g/mol. The van der Waals surface area contributed by atoms with Crippen LogP contribution in [-0.4, -0.2) is 29.5 Å². The van der Waals surface area contributed by atoms with Crippen LogP contribution >= 0.6 is 0 Å². The van der Waals surface area contributed by atoms with Gasteiger partial charge in [0.1, 0.15) is 12.4 Å². The van der Waals surface area contributed by atoms with Crippen LogP contribution < -0.4 is 15.5 Å². The maximum absolute atomic E-state index is 11.4. The fraction of sp³-hybridized carbons (Fsp3) is 0.105. The van der Waals surface area contributed by atoms with Crippen molar-refractivity contribution in [2.45, 2.75) is 6.61 Å². The number of nitrogens with one attached hydrogen (secondary N) is 2. The van der Waals surface area contributed by atoms with Gasteiger partial charge in [0.2, 0.25) is 0 Å². The second kappa shape index (κ2) is 10.2. The van der Waals surface area contributed by atoms with Crippen molar-refractivity contribution in [3.63, 3.8) is 0 Å². The van der Waals surface area contributed by atoms with Crippen molar-refractivity contribution in [3.05, 3.63) is 82.4 Å². The molecule has 0 aromatic heterocycles. The molecule has 2 amide bonds. The van der Waals surface area contributed by atoms with Gasteiger partial charge >= 0.3 is 11.8 Å². The number of amides is 2. The highest BCUT2D eigenvalue weighted by Crippen LogP contribution is 2.16. The van der Waals surface area contributed by atoms with E-state index in [0.717, 1.165) is 5.56 Å². The molecule has 9 heteroatoms. The molecule has 0 heterocycles. The summed E-state index contributed by atoms with van der Waals surface area (Å²) in [5, 5.41) is 16.7. The van der Waals surface area contributed by atoms with Crippen LogP contribution in [0.4, 0.5) is 5.69 Å². The summed E-state index contributed by atoms with van der Waals surface area (Å²) in [5.41, 5.74) is 3.63. The summed E-state index contributed by atoms with van der Waals surface area (Å²) in [5.74, 6) is -1.07. The number of hydrogen-bond acceptors (Lipinski definition) is 6. The number of benzene rings is 2. The average Bonchev–Trinajstić information content (AvgIpc) is 2.71. The van der Waals surface area contributed by atoms with E-state index in [1.54, 1.807) is 36.4 Å². The maximum Gasteiger partial charge on any atom is 0.329 e. The lowest BCUT2D eigenvalue weighted by Crippen LogP contribution is -2.37. The van der Waals surface area contributed by atoms with Crippen molar-refractivity contribution < 1.29 is 19.2 Å². The third-order valence-electron chi connectivity index (χ3n) is 3.43. The summed E-state index contributed by atoms with van der Waals surface area (Å²) in [6.07, 6.45) is 2.85. The van der Waals surface area contributed by atoms with E-state index in [1.807, 2.05) is 0 Å². The number of hydrogen-bond donors (Lipinski definition) is 2. The average molecular weight is 382 g/mol. The standard InChI is InChI=1S/C19H18N4O5/c1-2-11-20-18(24)19(25)22-21-12-14-5-9-17(10-6-14)28-13-15-3-7-16(8-4-15)23(26)27/h2-10,12H,1,11,13H2,(H,20,24)(H,22,25)/b21-12-. The lowest BCUT2D eigenvalue weighted by molar-refractivity contribution is -0.384. The maximum atomic E-state index is 11.4. The fourth-order valence-electron chi connectivity index (χ4n) is 1.99. The molecule has 28 heavy (non-hydrogen) atoms. The van der Waals surface area contributed by atoms with Crippen LogP contribution in [0.3, 0.4) is 0 Å². The Hall–Kier alpha value is -4.01. The van der Waals surface area contributed by atoms with Gasteiger partial charge in [-0.2, -0.15) is 5.10 Å². The van der Waals surface area contributed by atoms with Crippen LogP contribution in [0.25, 0.3) is 0 Å². The van der Waals surface area contributed by atoms with Crippen molar-refractivity contribution >= 4 is 23.7 Å². The number of nitro benzene ring substituents is 1. The Kier molecular flexibility index (Phi) is 7.41. The Morgan fingerprint density at radius 2 is 1.79 bits per heavy atom. The summed E-state index contributed by atoms with van der Waals surface area (Å²) < 4.78 is 5.61. The van der Waals surface area contributed by atoms with E-state index in [1.165, 1.54) is 24.4 Å². The van der Waals surface area contributed by atoms with Crippen molar-refractivity contribution in [2.75, 3.05) is 6.54 Å². The smallest absolute Gasteiger partial charge is 0.329 e. The first kappa shape index (κ1) is 20.3. The summed E-state index contributed by atoms with van der Waals surface area (Å²) in [4.78, 5) is 32.9. The molecule has 144 valence electrons. The molecule has 0 unspecified atom stereocenters. The molecule has 2 aromatic carbocycles. The largest absolute Gasteiger partial charge is 0.489 e. The van der Waals surface area contributed by atoms with E-state index in [2.05, 4.69) is 22.4 Å². The normalized spacial score (nSPS) is 10.3. The fourth-order valence-corrected chi connectivity index (χ4v) is 1.99. The molecule has 0 saturated carbocycles. The lowest BCUT2D eigenvalue weighted by atomic mass is 10.2. The van der Waals surface area contributed by atoms with Gasteiger partial charge in [-0.3, -0.25) is 19.7 Å². The number of carbonyl (C=O) groups is 2. The quantitative estimate of drug-likeness (QED) is 0.237. The van der Waals surface area contributed by atoms with Gasteiger partial charge in [-0.05, 0) is 47.5 Å². The zero-order valence-electron chi connectivity index (χ0n) is 14.8. The van der Waals surface area contributed by atoms with E-state index in [9.17, 15) is 19.7 Å². The number of hydrazone groups is 1. The molecule has 0 spiro atoms. The lowest BCUT2D eigenvalue weighted by Gasteiger charge is -2.06. The van der Waals surface area contributed by atoms with Crippen molar-refractivity contribution in [1.82, 2.24) is 10.7 Å². The molecular weight excluding hydrogens is 364 g/mol. The molecular formula is C19H18N4O5. The van der Waals surface area contributed by atoms with Gasteiger partial charge in [-0.25, -0.2) is 5.43 Å². The zero-order chi connectivity index (χ0) is 20.4. The summed E-state index contributed by atoms with van der Waals surface area (Å²) in [7, 11) is 0. The van der Waals surface area contributed by atoms with Gasteiger partial charge in [-0.15, -0.1) is 6.58 Å². The molecule has 0 aliphatic heterocycles. The van der Waals surface area contributed by atoms with Crippen LogP contribution in [0.1, 0.15) is 11.1 Å². The number of nitrogens with zero attached hydrogens (tertiary/aromatic N) is 2. The van der Waals surface area contributed by atoms with Crippen LogP contribution in [-0.2, 0) is 16.2 Å². The first-order valence-electron chi connectivity index (χ1n) is 8.18. The summed E-state index contributed by atoms with van der Waals surface area (Å²) in [6, 6.07) is 13.0. The summed E-state index contributed by atoms with van der Waals surface area (Å²) >= 11 is 0. The van der Waals surface area contributed by atoms with E-state index >= 15 is 0 Å². The predicted octanol–water partition coefficient (Wildman–Crippen LogP) is 1.93. The highest BCUT2D eigenvalue weighted by Gasteiger charge is 2.10. The second-order valence-corrected chi connectivity index (χ2v) is 5.48. The molecule has 2 N–H and O–H groups in total. The first-order chi connectivity index (χ1) is 13.5. The Labute approximate surface area is 160 Å². The first-order valence-corrected chi connectivity index (χ1v) is 8.18. The Balaban J connectivity index is 1.82. The molecule has 2 rings (SSSR count). The SMILES string of the molecule is C=CCNC(=O)C(=O)N/N=C\c1ccc(OCc2ccc([N+](=O)[O-])cc2)cc1. The Morgan fingerprint density at radius 1 is 1.11 bits per heavy atom. The van der Waals surface area contributed by atoms with Crippen LogP contribution in [0.2, 0.25) is 0 Å². The second-order valence-electron chi connectivity index (χ2n) is 5.48. The predicted molar refractivity (Wildman–Crippen MR) is 103 cm³/mol. The number of nitro groups is 1. The van der Waals surface area contributed by atoms with Crippen molar-refractivity contribution in [2.24, 2.45) is 5.10 Å². The molecule has 2 aromatic rings. The molecule has 0 bridgehead atoms. The Morgan fingerprint density at radius 3 is 2.39 bits per heavy atom. The zero-order valence-corrected chi connectivity index (χ0v) is 14.8. The molecule has 0 atom stereocenters. The van der Waals surface area contributed by atoms with Crippen LogP contribution in [0, 0.1) is 10.1 Å². The van der Waals surface area contributed by atoms with E-state index in [0.29, 0.717) is 11.3 Å². The van der Waals surface area contributed by atoms with E-state index < -0.39 is 16.7 Å². The van der Waals surface area contributed by atoms with Crippen LogP contribution in [0.15, 0.2) is 66.3 Å². The highest BCUT2D eigenvalue weighted by atomic mass is 16.6. The molecule has 9 nitrogen and oxygen atoms in total. The van der Waals surface area contributed by atoms with Gasteiger partial charge in [0, 0.05) is 18.7 Å². The topological polar surface area (TPSA) is 123 Å². The molecule has 0 saturated heterocycles. The minimum atomic E-state index is -0.874. The minimum Gasteiger partial charge on any atom is -0.489 e. The Bertz CT molecular complexity index is 876. The molecule has 0 aliphatic carbocycles. The van der Waals surface area contributed by atoms with E-state index in [-0.39, 0.29) is 18.8 Å². The highest BCUT2D eigenvalue weighted by molar-refractivity contribution is 6.35. The van der Waals surface area contributed by atoms with E-state index in [4.69, 9.17) is 4.74 Å². The van der Waals surface area contributed by atoms with Gasteiger partial charge in [0.15, 0.2) is 0 Å². The van der Waals surface area contributed by atoms with Gasteiger partial charge in [0.25, 0.3) is 5.69 Å². The van der Waals surface area contributed by atoms with Crippen molar-refractivity contribution in [3.8, 4) is 5.75 Å². The third kappa shape index (κ3) is 6.37. The molecule has 0 radical (unpaired) electrons. The third-order valence-corrected chi connectivity index (χ3v) is 3.43. The number of non-ortho nitro benzene ring substituents is 1. The van der Waals surface area contributed by atoms with Gasteiger partial charge in [0.05, 0.1) is 11.1 Å². The molecule has 0 aliphatic rings. The summed E-state index contributed by atoms with van der Waals surface area (Å²) in [6.45, 7) is 3.89.